The molecule has 0 aliphatic heterocycles. The minimum absolute atomic E-state index is 0.219. The summed E-state index contributed by atoms with van der Waals surface area (Å²) in [7, 11) is 0. The average Bonchev–Trinajstić information content (AvgIpc) is 2.27. The predicted octanol–water partition coefficient (Wildman–Crippen LogP) is 1.13. The number of carbonyl (C=O) groups is 1. The van der Waals surface area contributed by atoms with Gasteiger partial charge in [-0.15, -0.1) is 0 Å². The van der Waals surface area contributed by atoms with Crippen LogP contribution in [0.15, 0.2) is 9.98 Å². The molecule has 0 aromatic carbocycles. The molecule has 0 radical (unpaired) electrons. The van der Waals surface area contributed by atoms with Crippen molar-refractivity contribution in [3.8, 4) is 0 Å². The molecule has 0 N–H and O–H groups in total. The molecule has 0 saturated heterocycles. The normalized spacial score (nSPS) is 10.8. The smallest absolute Gasteiger partial charge is 0.332 e. The van der Waals surface area contributed by atoms with Crippen molar-refractivity contribution >= 4 is 40.7 Å². The number of nitrogens with zero attached hydrogens (tertiary/aromatic N) is 2. The van der Waals surface area contributed by atoms with Crippen molar-refractivity contribution in [3.63, 3.8) is 0 Å². The van der Waals surface area contributed by atoms with Crippen LogP contribution in [0.3, 0.4) is 0 Å². The molecule has 0 heterocycles. The number of halogens is 1. The number of carbonyl (C=O) groups excluding carboxylic acids is 3. The first-order valence-corrected chi connectivity index (χ1v) is 6.12. The maximum atomic E-state index is 11.3. The van der Waals surface area contributed by atoms with Crippen LogP contribution in [-0.2, 0) is 19.1 Å². The van der Waals surface area contributed by atoms with Crippen LogP contribution < -0.4 is 0 Å². The number of unbranched alkanes of at least 4 members (excludes halogenated alkanes) is 1. The number of aliphatic imine (C=N–C) groups is 2. The molecular weight excluding hydrogens is 327 g/mol. The molecule has 6 nitrogen and oxygen atoms in total. The first-order chi connectivity index (χ1) is 7.76. The highest BCUT2D eigenvalue weighted by Crippen LogP contribution is 2.07. The van der Waals surface area contributed by atoms with Crippen LogP contribution in [0, 0.1) is 0 Å². The Hall–Kier alpha value is -1.04. The van der Waals surface area contributed by atoms with E-state index in [0.717, 1.165) is 0 Å². The van der Waals surface area contributed by atoms with Gasteiger partial charge in [0, 0.05) is 0 Å². The fourth-order valence-electron chi connectivity index (χ4n) is 1.02. The van der Waals surface area contributed by atoms with Gasteiger partial charge in [-0.05, 0) is 41.9 Å². The Morgan fingerprint density at radius 1 is 1.31 bits per heavy atom. The van der Waals surface area contributed by atoms with Crippen molar-refractivity contribution in [2.24, 2.45) is 9.98 Å². The molecule has 0 rings (SSSR count). The Labute approximate surface area is 106 Å². The number of alkyl halides is 1. The SMILES string of the molecule is O=C=NCCCCC(N=C=O)C(=O)OCI. The van der Waals surface area contributed by atoms with Crippen molar-refractivity contribution in [3.05, 3.63) is 0 Å². The van der Waals surface area contributed by atoms with Crippen LogP contribution in [0.2, 0.25) is 0 Å². The Morgan fingerprint density at radius 2 is 2.06 bits per heavy atom. The van der Waals surface area contributed by atoms with Gasteiger partial charge in [-0.1, -0.05) is 0 Å². The van der Waals surface area contributed by atoms with Gasteiger partial charge in [0.1, 0.15) is 4.61 Å². The lowest BCUT2D eigenvalue weighted by atomic mass is 10.1. The number of rotatable bonds is 8. The van der Waals surface area contributed by atoms with Gasteiger partial charge in [-0.3, -0.25) is 0 Å². The van der Waals surface area contributed by atoms with Gasteiger partial charge in [-0.2, -0.15) is 4.99 Å². The van der Waals surface area contributed by atoms with Crippen LogP contribution in [0.1, 0.15) is 19.3 Å². The van der Waals surface area contributed by atoms with Gasteiger partial charge in [0.15, 0.2) is 6.04 Å². The lowest BCUT2D eigenvalue weighted by Gasteiger charge is -2.07. The van der Waals surface area contributed by atoms with Crippen molar-refractivity contribution < 1.29 is 19.1 Å². The third-order valence-corrected chi connectivity index (χ3v) is 2.05. The first-order valence-electron chi connectivity index (χ1n) is 4.59. The fourth-order valence-corrected chi connectivity index (χ4v) is 1.33. The van der Waals surface area contributed by atoms with E-state index in [2.05, 4.69) is 9.98 Å². The molecule has 0 bridgehead atoms. The van der Waals surface area contributed by atoms with E-state index in [4.69, 9.17) is 4.74 Å². The van der Waals surface area contributed by atoms with E-state index in [0.29, 0.717) is 25.8 Å². The maximum absolute atomic E-state index is 11.3. The molecule has 0 spiro atoms. The van der Waals surface area contributed by atoms with E-state index < -0.39 is 12.0 Å². The van der Waals surface area contributed by atoms with E-state index in [9.17, 15) is 14.4 Å². The van der Waals surface area contributed by atoms with Crippen molar-refractivity contribution in [1.82, 2.24) is 0 Å². The Morgan fingerprint density at radius 3 is 2.62 bits per heavy atom. The summed E-state index contributed by atoms with van der Waals surface area (Å²) in [6, 6.07) is -0.799. The Balaban J connectivity index is 3.98. The molecule has 7 heteroatoms. The zero-order valence-electron chi connectivity index (χ0n) is 8.52. The van der Waals surface area contributed by atoms with Crippen LogP contribution >= 0.6 is 22.6 Å². The Kier molecular flexibility index (Phi) is 9.80. The number of hydrogen-bond donors (Lipinski definition) is 0. The van der Waals surface area contributed by atoms with Crippen LogP contribution in [0.5, 0.6) is 0 Å². The van der Waals surface area contributed by atoms with Crippen molar-refractivity contribution in [2.45, 2.75) is 25.3 Å². The van der Waals surface area contributed by atoms with Gasteiger partial charge >= 0.3 is 5.97 Å². The molecule has 0 aromatic rings. The molecule has 0 aromatic heterocycles. The molecule has 0 fully saturated rings. The third kappa shape index (κ3) is 7.28. The van der Waals surface area contributed by atoms with E-state index in [1.807, 2.05) is 22.6 Å². The van der Waals surface area contributed by atoms with E-state index in [-0.39, 0.29) is 4.61 Å². The first kappa shape index (κ1) is 15.0. The summed E-state index contributed by atoms with van der Waals surface area (Å²) in [5, 5.41) is 0. The minimum atomic E-state index is -0.799. The second-order valence-electron chi connectivity index (χ2n) is 2.78. The maximum Gasteiger partial charge on any atom is 0.332 e. The summed E-state index contributed by atoms with van der Waals surface area (Å²) in [6.07, 6.45) is 4.41. The molecule has 88 valence electrons. The molecule has 1 unspecified atom stereocenters. The highest BCUT2D eigenvalue weighted by atomic mass is 127. The van der Waals surface area contributed by atoms with Crippen LogP contribution in [0.25, 0.3) is 0 Å². The largest absolute Gasteiger partial charge is 0.453 e. The summed E-state index contributed by atoms with van der Waals surface area (Å²) < 4.78 is 4.94. The molecule has 0 saturated carbocycles. The van der Waals surface area contributed by atoms with Crippen LogP contribution in [-0.4, -0.2) is 35.3 Å². The molecule has 0 aliphatic carbocycles. The van der Waals surface area contributed by atoms with Crippen molar-refractivity contribution in [1.29, 1.82) is 0 Å². The topological polar surface area (TPSA) is 85.2 Å². The van der Waals surface area contributed by atoms with E-state index >= 15 is 0 Å². The van der Waals surface area contributed by atoms with Gasteiger partial charge in [0.25, 0.3) is 0 Å². The standard InChI is InChI=1S/C9H11IN2O4/c10-5-16-9(15)8(12-7-14)3-1-2-4-11-6-13/h8H,1-5H2. The molecule has 0 aliphatic rings. The number of isocyanates is 2. The molecule has 16 heavy (non-hydrogen) atoms. The lowest BCUT2D eigenvalue weighted by Crippen LogP contribution is -2.21. The number of hydrogen-bond acceptors (Lipinski definition) is 6. The van der Waals surface area contributed by atoms with E-state index in [1.54, 1.807) is 0 Å². The molecule has 0 amide bonds. The van der Waals surface area contributed by atoms with Gasteiger partial charge < -0.3 is 4.74 Å². The fraction of sp³-hybridized carbons (Fsp3) is 0.667. The molecular formula is C9H11IN2O4. The monoisotopic (exact) mass is 338 g/mol. The minimum Gasteiger partial charge on any atom is -0.453 e. The van der Waals surface area contributed by atoms with Gasteiger partial charge in [0.05, 0.1) is 6.54 Å². The third-order valence-electron chi connectivity index (χ3n) is 1.74. The Bertz CT molecular complexity index is 309. The predicted molar refractivity (Wildman–Crippen MR) is 63.7 cm³/mol. The number of esters is 1. The van der Waals surface area contributed by atoms with E-state index in [1.165, 1.54) is 12.2 Å². The second kappa shape index (κ2) is 10.5. The van der Waals surface area contributed by atoms with Crippen LogP contribution in [0.4, 0.5) is 0 Å². The highest BCUT2D eigenvalue weighted by molar-refractivity contribution is 14.1. The van der Waals surface area contributed by atoms with Gasteiger partial charge in [0.2, 0.25) is 12.2 Å². The molecule has 1 atom stereocenters. The summed E-state index contributed by atoms with van der Waals surface area (Å²) in [5.41, 5.74) is 0. The zero-order chi connectivity index (χ0) is 12.2. The second-order valence-corrected chi connectivity index (χ2v) is 3.40. The quantitative estimate of drug-likeness (QED) is 0.166. The zero-order valence-corrected chi connectivity index (χ0v) is 10.7. The summed E-state index contributed by atoms with van der Waals surface area (Å²) in [5.74, 6) is -0.531. The summed E-state index contributed by atoms with van der Waals surface area (Å²) in [4.78, 5) is 37.9. The average molecular weight is 338 g/mol. The summed E-state index contributed by atoms with van der Waals surface area (Å²) >= 11 is 1.88. The number of ether oxygens (including phenoxy) is 1. The lowest BCUT2D eigenvalue weighted by molar-refractivity contribution is -0.142. The highest BCUT2D eigenvalue weighted by Gasteiger charge is 2.18. The summed E-state index contributed by atoms with van der Waals surface area (Å²) in [6.45, 7) is 0.363. The van der Waals surface area contributed by atoms with Gasteiger partial charge in [-0.25, -0.2) is 19.4 Å². The van der Waals surface area contributed by atoms with Crippen molar-refractivity contribution in [2.75, 3.05) is 11.2 Å².